The fourth-order valence-electron chi connectivity index (χ4n) is 1.54. The van der Waals surface area contributed by atoms with Crippen LogP contribution in [0.15, 0.2) is 0 Å². The molecule has 6 nitrogen and oxygen atoms in total. The summed E-state index contributed by atoms with van der Waals surface area (Å²) in [6, 6.07) is 0. The minimum absolute atomic E-state index is 0.0880. The van der Waals surface area contributed by atoms with Gasteiger partial charge in [0.25, 0.3) is 0 Å². The zero-order chi connectivity index (χ0) is 16.8. The number of carbonyl (C=O) groups is 3. The van der Waals surface area contributed by atoms with E-state index in [1.54, 1.807) is 6.92 Å². The second kappa shape index (κ2) is 13.1. The van der Waals surface area contributed by atoms with Gasteiger partial charge in [-0.1, -0.05) is 33.6 Å². The van der Waals surface area contributed by atoms with Crippen LogP contribution in [0.2, 0.25) is 0 Å². The average Bonchev–Trinajstić information content (AvgIpc) is 2.52. The molecule has 0 bridgehead atoms. The summed E-state index contributed by atoms with van der Waals surface area (Å²) in [5.41, 5.74) is 0. The van der Waals surface area contributed by atoms with E-state index in [0.29, 0.717) is 12.8 Å². The third-order valence-corrected chi connectivity index (χ3v) is 2.92. The Balaban J connectivity index is 4.22. The smallest absolute Gasteiger partial charge is 0.306 e. The quantitative estimate of drug-likeness (QED) is 0.407. The zero-order valence-corrected chi connectivity index (χ0v) is 13.9. The molecule has 0 N–H and O–H groups in total. The maximum atomic E-state index is 11.5. The summed E-state index contributed by atoms with van der Waals surface area (Å²) in [6.45, 7) is 5.45. The van der Waals surface area contributed by atoms with Crippen molar-refractivity contribution in [2.45, 2.75) is 71.8 Å². The van der Waals surface area contributed by atoms with Crippen LogP contribution < -0.4 is 0 Å². The van der Waals surface area contributed by atoms with Crippen molar-refractivity contribution in [2.75, 3.05) is 13.2 Å². The van der Waals surface area contributed by atoms with Gasteiger partial charge in [0.05, 0.1) is 0 Å². The zero-order valence-electron chi connectivity index (χ0n) is 13.9. The van der Waals surface area contributed by atoms with E-state index >= 15 is 0 Å². The van der Waals surface area contributed by atoms with Crippen molar-refractivity contribution < 1.29 is 28.6 Å². The van der Waals surface area contributed by atoms with E-state index in [2.05, 4.69) is 0 Å². The summed E-state index contributed by atoms with van der Waals surface area (Å²) >= 11 is 0. The molecule has 0 aromatic carbocycles. The first kappa shape index (κ1) is 20.4. The molecule has 0 spiro atoms. The number of hydrogen-bond donors (Lipinski definition) is 0. The molecular formula is C16H28O6. The fraction of sp³-hybridized carbons (Fsp3) is 0.812. The van der Waals surface area contributed by atoms with Gasteiger partial charge in [0.1, 0.15) is 13.2 Å². The summed E-state index contributed by atoms with van der Waals surface area (Å²) in [5, 5.41) is 0. The molecule has 0 saturated carbocycles. The van der Waals surface area contributed by atoms with E-state index < -0.39 is 12.1 Å². The van der Waals surface area contributed by atoms with E-state index in [-0.39, 0.29) is 31.6 Å². The van der Waals surface area contributed by atoms with Crippen LogP contribution in [-0.2, 0) is 28.6 Å². The minimum atomic E-state index is -0.747. The van der Waals surface area contributed by atoms with Crippen LogP contribution in [0, 0.1) is 0 Å². The molecule has 0 atom stereocenters. The Hall–Kier alpha value is -1.59. The molecule has 22 heavy (non-hydrogen) atoms. The van der Waals surface area contributed by atoms with Crippen LogP contribution in [0.3, 0.4) is 0 Å². The Bertz CT molecular complexity index is 316. The summed E-state index contributed by atoms with van der Waals surface area (Å²) < 4.78 is 15.2. The molecule has 0 unspecified atom stereocenters. The molecule has 0 fully saturated rings. The monoisotopic (exact) mass is 316 g/mol. The third-order valence-electron chi connectivity index (χ3n) is 2.92. The molecule has 0 aromatic heterocycles. The fourth-order valence-corrected chi connectivity index (χ4v) is 1.54. The first-order valence-electron chi connectivity index (χ1n) is 8.04. The molecule has 0 saturated heterocycles. The molecule has 0 aliphatic rings. The Morgan fingerprint density at radius 2 is 1.23 bits per heavy atom. The topological polar surface area (TPSA) is 78.9 Å². The molecular weight excluding hydrogens is 288 g/mol. The lowest BCUT2D eigenvalue weighted by molar-refractivity contribution is -0.166. The summed E-state index contributed by atoms with van der Waals surface area (Å²) in [5.74, 6) is -1.09. The number of rotatable bonds is 12. The molecule has 0 aliphatic heterocycles. The van der Waals surface area contributed by atoms with Crippen LogP contribution >= 0.6 is 0 Å². The highest BCUT2D eigenvalue weighted by molar-refractivity contribution is 5.70. The van der Waals surface area contributed by atoms with Gasteiger partial charge in [0.2, 0.25) is 0 Å². The van der Waals surface area contributed by atoms with Crippen LogP contribution in [0.1, 0.15) is 65.7 Å². The highest BCUT2D eigenvalue weighted by Gasteiger charge is 2.18. The van der Waals surface area contributed by atoms with Gasteiger partial charge in [-0.05, 0) is 12.8 Å². The van der Waals surface area contributed by atoms with Crippen LogP contribution in [0.5, 0.6) is 0 Å². The Kier molecular flexibility index (Phi) is 12.2. The highest BCUT2D eigenvalue weighted by atomic mass is 16.6. The summed E-state index contributed by atoms with van der Waals surface area (Å²) in [4.78, 5) is 34.3. The van der Waals surface area contributed by atoms with Gasteiger partial charge in [-0.3, -0.25) is 14.4 Å². The van der Waals surface area contributed by atoms with E-state index in [1.807, 2.05) is 13.8 Å². The van der Waals surface area contributed by atoms with Gasteiger partial charge in [0, 0.05) is 19.3 Å². The van der Waals surface area contributed by atoms with Gasteiger partial charge in [-0.15, -0.1) is 0 Å². The van der Waals surface area contributed by atoms with E-state index in [0.717, 1.165) is 25.7 Å². The summed E-state index contributed by atoms with van der Waals surface area (Å²) in [6.07, 6.45) is 3.45. The lowest BCUT2D eigenvalue weighted by Gasteiger charge is -2.17. The molecule has 0 radical (unpaired) electrons. The van der Waals surface area contributed by atoms with E-state index in [4.69, 9.17) is 14.2 Å². The van der Waals surface area contributed by atoms with Gasteiger partial charge in [-0.25, -0.2) is 0 Å². The normalized spacial score (nSPS) is 10.4. The van der Waals surface area contributed by atoms with Gasteiger partial charge < -0.3 is 14.2 Å². The van der Waals surface area contributed by atoms with Gasteiger partial charge in [-0.2, -0.15) is 0 Å². The predicted molar refractivity (Wildman–Crippen MR) is 81.1 cm³/mol. The van der Waals surface area contributed by atoms with Crippen molar-refractivity contribution in [1.29, 1.82) is 0 Å². The number of unbranched alkanes of at least 4 members (excludes halogenated alkanes) is 2. The maximum Gasteiger partial charge on any atom is 0.306 e. The van der Waals surface area contributed by atoms with E-state index in [9.17, 15) is 14.4 Å². The summed E-state index contributed by atoms with van der Waals surface area (Å²) in [7, 11) is 0. The predicted octanol–water partition coefficient (Wildman–Crippen LogP) is 2.78. The second-order valence-corrected chi connectivity index (χ2v) is 5.04. The SMILES string of the molecule is CCCCC(=O)OCC(COC(=O)CCCC)OC(=O)CC. The minimum Gasteiger partial charge on any atom is -0.462 e. The first-order chi connectivity index (χ1) is 10.5. The molecule has 0 aliphatic carbocycles. The standard InChI is InChI=1S/C16H28O6/c1-4-7-9-15(18)20-11-13(22-14(17)6-3)12-21-16(19)10-8-5-2/h13H,4-12H2,1-3H3. The van der Waals surface area contributed by atoms with Crippen molar-refractivity contribution in [3.63, 3.8) is 0 Å². The highest BCUT2D eigenvalue weighted by Crippen LogP contribution is 2.04. The van der Waals surface area contributed by atoms with Crippen molar-refractivity contribution >= 4 is 17.9 Å². The Morgan fingerprint density at radius 1 is 0.773 bits per heavy atom. The lowest BCUT2D eigenvalue weighted by atomic mass is 10.2. The molecule has 6 heteroatoms. The van der Waals surface area contributed by atoms with Crippen LogP contribution in [0.25, 0.3) is 0 Å². The lowest BCUT2D eigenvalue weighted by Crippen LogP contribution is -2.30. The van der Waals surface area contributed by atoms with Crippen molar-refractivity contribution in [1.82, 2.24) is 0 Å². The average molecular weight is 316 g/mol. The Morgan fingerprint density at radius 3 is 1.59 bits per heavy atom. The molecule has 0 rings (SSSR count). The second-order valence-electron chi connectivity index (χ2n) is 5.04. The van der Waals surface area contributed by atoms with Crippen molar-refractivity contribution in [3.8, 4) is 0 Å². The molecule has 0 amide bonds. The molecule has 0 aromatic rings. The molecule has 0 heterocycles. The number of carbonyl (C=O) groups excluding carboxylic acids is 3. The first-order valence-corrected chi connectivity index (χ1v) is 8.04. The van der Waals surface area contributed by atoms with Gasteiger partial charge >= 0.3 is 17.9 Å². The van der Waals surface area contributed by atoms with Crippen molar-refractivity contribution in [2.24, 2.45) is 0 Å². The number of hydrogen-bond acceptors (Lipinski definition) is 6. The number of esters is 3. The van der Waals surface area contributed by atoms with E-state index in [1.165, 1.54) is 0 Å². The number of ether oxygens (including phenoxy) is 3. The Labute approximate surface area is 132 Å². The molecule has 128 valence electrons. The van der Waals surface area contributed by atoms with Crippen LogP contribution in [0.4, 0.5) is 0 Å². The third kappa shape index (κ3) is 11.1. The van der Waals surface area contributed by atoms with Gasteiger partial charge in [0.15, 0.2) is 6.10 Å². The largest absolute Gasteiger partial charge is 0.462 e. The van der Waals surface area contributed by atoms with Crippen LogP contribution in [-0.4, -0.2) is 37.2 Å². The van der Waals surface area contributed by atoms with Crippen molar-refractivity contribution in [3.05, 3.63) is 0 Å². The maximum absolute atomic E-state index is 11.5.